The molecule has 3 fully saturated rings. The first kappa shape index (κ1) is 28.0. The van der Waals surface area contributed by atoms with Gasteiger partial charge in [-0.05, 0) is 37.7 Å². The maximum absolute atomic E-state index is 14.3. The van der Waals surface area contributed by atoms with Gasteiger partial charge < -0.3 is 24.4 Å². The highest BCUT2D eigenvalue weighted by Gasteiger charge is 2.75. The molecule has 3 saturated heterocycles. The van der Waals surface area contributed by atoms with E-state index < -0.39 is 41.6 Å². The molecule has 3 aliphatic rings. The van der Waals surface area contributed by atoms with Crippen LogP contribution in [0.15, 0.2) is 55.6 Å². The van der Waals surface area contributed by atoms with Crippen LogP contribution in [0, 0.1) is 11.8 Å². The predicted octanol–water partition coefficient (Wildman–Crippen LogP) is 2.90. The Bertz CT molecular complexity index is 1030. The Hall–Kier alpha value is -2.97. The summed E-state index contributed by atoms with van der Waals surface area (Å²) in [6.07, 6.45) is 6.56. The number of esters is 1. The molecule has 8 nitrogen and oxygen atoms in total. The zero-order valence-electron chi connectivity index (χ0n) is 22.3. The Labute approximate surface area is 225 Å². The highest BCUT2D eigenvalue weighted by molar-refractivity contribution is 5.98. The summed E-state index contributed by atoms with van der Waals surface area (Å²) in [5.74, 6) is -2.61. The van der Waals surface area contributed by atoms with Gasteiger partial charge in [-0.25, -0.2) is 0 Å². The van der Waals surface area contributed by atoms with E-state index in [0.717, 1.165) is 18.4 Å². The van der Waals surface area contributed by atoms with E-state index in [1.54, 1.807) is 17.1 Å². The van der Waals surface area contributed by atoms with E-state index in [9.17, 15) is 19.5 Å². The standard InChI is InChI=1S/C30H40N2O6/c1-4-7-17-31(16-6-3)28(35)26-30-15-14-23(38-30)24(29(36)37-18-8-5-2)25(30)27(34)32(26)22(20-33)19-21-12-10-9-11-13-21/h5-6,9-13,22-26,33H,2-4,7-8,14-20H2,1H3/t22-,23-,24+,25+,26?,30?/m1/s1. The number of rotatable bonds is 14. The van der Waals surface area contributed by atoms with Crippen molar-refractivity contribution in [1.82, 2.24) is 9.80 Å². The van der Waals surface area contributed by atoms with Gasteiger partial charge in [0.1, 0.15) is 11.6 Å². The Morgan fingerprint density at radius 1 is 1.29 bits per heavy atom. The SMILES string of the molecule is C=CCCOC(=O)[C@@H]1[C@H]2C(=O)N([C@@H](CO)Cc3ccccc3)C(C(=O)N(CC=C)CCCC)C23CC[C@H]1O3. The first-order valence-electron chi connectivity index (χ1n) is 13.7. The van der Waals surface area contributed by atoms with Crippen LogP contribution in [0.2, 0.25) is 0 Å². The van der Waals surface area contributed by atoms with Crippen molar-refractivity contribution in [2.24, 2.45) is 11.8 Å². The predicted molar refractivity (Wildman–Crippen MR) is 143 cm³/mol. The quantitative estimate of drug-likeness (QED) is 0.228. The van der Waals surface area contributed by atoms with Crippen molar-refractivity contribution < 1.29 is 29.0 Å². The van der Waals surface area contributed by atoms with Gasteiger partial charge in [-0.15, -0.1) is 13.2 Å². The van der Waals surface area contributed by atoms with Gasteiger partial charge in [-0.1, -0.05) is 55.8 Å². The summed E-state index contributed by atoms with van der Waals surface area (Å²) < 4.78 is 12.0. The highest BCUT2D eigenvalue weighted by Crippen LogP contribution is 2.59. The number of likely N-dealkylation sites (tertiary alicyclic amines) is 1. The lowest BCUT2D eigenvalue weighted by atomic mass is 9.70. The molecule has 38 heavy (non-hydrogen) atoms. The third kappa shape index (κ3) is 5.04. The van der Waals surface area contributed by atoms with Crippen molar-refractivity contribution in [3.63, 3.8) is 0 Å². The average molecular weight is 525 g/mol. The number of hydrogen-bond donors (Lipinski definition) is 1. The van der Waals surface area contributed by atoms with Crippen LogP contribution in [0.3, 0.4) is 0 Å². The Morgan fingerprint density at radius 2 is 2.05 bits per heavy atom. The lowest BCUT2D eigenvalue weighted by Crippen LogP contribution is -2.59. The fraction of sp³-hybridized carbons (Fsp3) is 0.567. The van der Waals surface area contributed by atoms with Crippen molar-refractivity contribution in [3.05, 3.63) is 61.2 Å². The van der Waals surface area contributed by atoms with Gasteiger partial charge >= 0.3 is 5.97 Å². The van der Waals surface area contributed by atoms with E-state index in [2.05, 4.69) is 20.1 Å². The summed E-state index contributed by atoms with van der Waals surface area (Å²) in [6.45, 7) is 10.3. The number of hydrogen-bond acceptors (Lipinski definition) is 6. The van der Waals surface area contributed by atoms with Gasteiger partial charge in [0.15, 0.2) is 0 Å². The van der Waals surface area contributed by atoms with Gasteiger partial charge in [0.25, 0.3) is 0 Å². The number of ether oxygens (including phenoxy) is 2. The topological polar surface area (TPSA) is 96.4 Å². The molecule has 0 aromatic heterocycles. The lowest BCUT2D eigenvalue weighted by Gasteiger charge is -2.39. The van der Waals surface area contributed by atoms with Crippen LogP contribution >= 0.6 is 0 Å². The van der Waals surface area contributed by atoms with Crippen molar-refractivity contribution in [2.45, 2.75) is 69.2 Å². The van der Waals surface area contributed by atoms with Crippen LogP contribution in [0.5, 0.6) is 0 Å². The molecule has 0 aliphatic carbocycles. The molecule has 1 N–H and O–H groups in total. The fourth-order valence-electron chi connectivity index (χ4n) is 6.48. The summed E-state index contributed by atoms with van der Waals surface area (Å²) in [5.41, 5.74) is -0.184. The second-order valence-corrected chi connectivity index (χ2v) is 10.5. The summed E-state index contributed by atoms with van der Waals surface area (Å²) in [4.78, 5) is 45.0. The summed E-state index contributed by atoms with van der Waals surface area (Å²) >= 11 is 0. The lowest BCUT2D eigenvalue weighted by molar-refractivity contribution is -0.156. The van der Waals surface area contributed by atoms with Crippen molar-refractivity contribution >= 4 is 17.8 Å². The van der Waals surface area contributed by atoms with Crippen LogP contribution in [-0.2, 0) is 30.3 Å². The first-order chi connectivity index (χ1) is 18.4. The number of unbranched alkanes of at least 4 members (excludes halogenated alkanes) is 1. The van der Waals surface area contributed by atoms with E-state index in [4.69, 9.17) is 9.47 Å². The molecule has 3 aliphatic heterocycles. The van der Waals surface area contributed by atoms with Crippen molar-refractivity contribution in [2.75, 3.05) is 26.3 Å². The number of carbonyl (C=O) groups excluding carboxylic acids is 3. The molecule has 2 unspecified atom stereocenters. The number of nitrogens with zero attached hydrogens (tertiary/aromatic N) is 2. The van der Waals surface area contributed by atoms with E-state index in [1.165, 1.54) is 4.90 Å². The number of carbonyl (C=O) groups is 3. The summed E-state index contributed by atoms with van der Waals surface area (Å²) in [6, 6.07) is 8.01. The molecule has 2 amide bonds. The molecule has 1 spiro atoms. The molecule has 0 saturated carbocycles. The van der Waals surface area contributed by atoms with Gasteiger partial charge in [-0.3, -0.25) is 14.4 Å². The van der Waals surface area contributed by atoms with Crippen molar-refractivity contribution in [1.29, 1.82) is 0 Å². The first-order valence-corrected chi connectivity index (χ1v) is 13.7. The van der Waals surface area contributed by atoms with Crippen LogP contribution in [-0.4, -0.2) is 82.8 Å². The molecular weight excluding hydrogens is 484 g/mol. The smallest absolute Gasteiger partial charge is 0.312 e. The molecule has 3 heterocycles. The highest BCUT2D eigenvalue weighted by atomic mass is 16.6. The van der Waals surface area contributed by atoms with Crippen LogP contribution in [0.4, 0.5) is 0 Å². The maximum Gasteiger partial charge on any atom is 0.312 e. The minimum absolute atomic E-state index is 0.183. The number of benzene rings is 1. The zero-order valence-corrected chi connectivity index (χ0v) is 22.3. The molecule has 1 aromatic carbocycles. The summed E-state index contributed by atoms with van der Waals surface area (Å²) in [5, 5.41) is 10.5. The Morgan fingerprint density at radius 3 is 2.71 bits per heavy atom. The Kier molecular flexibility index (Phi) is 9.05. The van der Waals surface area contributed by atoms with Gasteiger partial charge in [0.05, 0.1) is 37.2 Å². The van der Waals surface area contributed by atoms with E-state index in [-0.39, 0.29) is 25.0 Å². The fourth-order valence-corrected chi connectivity index (χ4v) is 6.48. The second-order valence-electron chi connectivity index (χ2n) is 10.5. The number of amides is 2. The average Bonchev–Trinajstić information content (AvgIpc) is 3.57. The Balaban J connectivity index is 1.73. The minimum atomic E-state index is -1.13. The van der Waals surface area contributed by atoms with E-state index in [0.29, 0.717) is 38.8 Å². The molecule has 2 bridgehead atoms. The maximum atomic E-state index is 14.3. The minimum Gasteiger partial charge on any atom is -0.465 e. The van der Waals surface area contributed by atoms with Gasteiger partial charge in [-0.2, -0.15) is 0 Å². The number of aliphatic hydroxyl groups excluding tert-OH is 1. The van der Waals surface area contributed by atoms with Crippen LogP contribution < -0.4 is 0 Å². The van der Waals surface area contributed by atoms with E-state index >= 15 is 0 Å². The number of fused-ring (bicyclic) bond motifs is 1. The van der Waals surface area contributed by atoms with E-state index in [1.807, 2.05) is 30.3 Å². The van der Waals surface area contributed by atoms with Crippen molar-refractivity contribution in [3.8, 4) is 0 Å². The number of aliphatic hydroxyl groups is 1. The van der Waals surface area contributed by atoms with Gasteiger partial charge in [0.2, 0.25) is 11.8 Å². The third-order valence-electron chi connectivity index (χ3n) is 8.17. The van der Waals surface area contributed by atoms with Gasteiger partial charge in [0, 0.05) is 13.1 Å². The molecule has 8 heteroatoms. The monoisotopic (exact) mass is 524 g/mol. The largest absolute Gasteiger partial charge is 0.465 e. The van der Waals surface area contributed by atoms with Crippen LogP contribution in [0.1, 0.15) is 44.6 Å². The van der Waals surface area contributed by atoms with Crippen LogP contribution in [0.25, 0.3) is 0 Å². The molecular formula is C30H40N2O6. The molecule has 4 rings (SSSR count). The normalized spacial score (nSPS) is 28.2. The molecule has 206 valence electrons. The second kappa shape index (κ2) is 12.3. The molecule has 0 radical (unpaired) electrons. The third-order valence-corrected chi connectivity index (χ3v) is 8.17. The molecule has 6 atom stereocenters. The molecule has 1 aromatic rings. The zero-order chi connectivity index (χ0) is 27.3. The summed E-state index contributed by atoms with van der Waals surface area (Å²) in [7, 11) is 0.